The Balaban J connectivity index is 1.82. The number of aromatic nitrogens is 2. The van der Waals surface area contributed by atoms with Crippen LogP contribution in [0.4, 0.5) is 4.79 Å². The van der Waals surface area contributed by atoms with Gasteiger partial charge in [-0.2, -0.15) is 8.75 Å². The number of unbranched alkanes of at least 4 members (excludes halogenated alkanes) is 1. The van der Waals surface area contributed by atoms with Gasteiger partial charge < -0.3 is 4.74 Å². The van der Waals surface area contributed by atoms with E-state index in [4.69, 9.17) is 4.74 Å². The lowest BCUT2D eigenvalue weighted by atomic mass is 10.3. The number of carbonyl (C=O) groups excluding carboxylic acids is 2. The lowest BCUT2D eigenvalue weighted by molar-refractivity contribution is -0.120. The SMILES string of the molecule is C=CCCCOC(=O)NNC(=O)CNS(=O)(=O)c1cccc2nsnc12. The number of hydrogen-bond acceptors (Lipinski definition) is 8. The van der Waals surface area contributed by atoms with Crippen LogP contribution in [0.1, 0.15) is 12.8 Å². The molecule has 1 heterocycles. The van der Waals surface area contributed by atoms with Gasteiger partial charge in [-0.1, -0.05) is 12.1 Å². The molecule has 2 rings (SSSR count). The van der Waals surface area contributed by atoms with Crippen molar-refractivity contribution in [3.63, 3.8) is 0 Å². The fourth-order valence-electron chi connectivity index (χ4n) is 1.83. The first kappa shape index (κ1) is 19.8. The average molecular weight is 399 g/mol. The summed E-state index contributed by atoms with van der Waals surface area (Å²) in [4.78, 5) is 22.9. The first-order chi connectivity index (χ1) is 12.4. The first-order valence-electron chi connectivity index (χ1n) is 7.47. The Kier molecular flexibility index (Phi) is 7.00. The average Bonchev–Trinajstić information content (AvgIpc) is 3.10. The fourth-order valence-corrected chi connectivity index (χ4v) is 3.58. The van der Waals surface area contributed by atoms with Gasteiger partial charge in [-0.25, -0.2) is 23.4 Å². The molecule has 0 fully saturated rings. The van der Waals surface area contributed by atoms with E-state index in [1.54, 1.807) is 12.1 Å². The molecule has 0 aliphatic carbocycles. The Labute approximate surface area is 154 Å². The molecule has 0 atom stereocenters. The predicted molar refractivity (Wildman–Crippen MR) is 94.7 cm³/mol. The van der Waals surface area contributed by atoms with E-state index in [0.717, 1.165) is 11.7 Å². The van der Waals surface area contributed by atoms with Crippen LogP contribution < -0.4 is 15.6 Å². The van der Waals surface area contributed by atoms with Gasteiger partial charge in [0.2, 0.25) is 10.0 Å². The third-order valence-corrected chi connectivity index (χ3v) is 5.03. The van der Waals surface area contributed by atoms with Crippen LogP contribution in [0.2, 0.25) is 0 Å². The summed E-state index contributed by atoms with van der Waals surface area (Å²) >= 11 is 0.890. The van der Waals surface area contributed by atoms with Crippen molar-refractivity contribution < 1.29 is 22.7 Å². The number of hydrogen-bond donors (Lipinski definition) is 3. The summed E-state index contributed by atoms with van der Waals surface area (Å²) < 4.78 is 39.5. The number of sulfonamides is 1. The quantitative estimate of drug-likeness (QED) is 0.337. The molecule has 1 aromatic heterocycles. The third kappa shape index (κ3) is 5.47. The molecule has 140 valence electrons. The minimum atomic E-state index is -3.97. The van der Waals surface area contributed by atoms with Gasteiger partial charge in [0.15, 0.2) is 0 Å². The third-order valence-electron chi connectivity index (χ3n) is 3.05. The van der Waals surface area contributed by atoms with Crippen LogP contribution >= 0.6 is 11.7 Å². The van der Waals surface area contributed by atoms with Gasteiger partial charge >= 0.3 is 6.09 Å². The van der Waals surface area contributed by atoms with Crippen molar-refractivity contribution in [3.05, 3.63) is 30.9 Å². The number of rotatable bonds is 8. The minimum absolute atomic E-state index is 0.0777. The van der Waals surface area contributed by atoms with Crippen LogP contribution in [0.15, 0.2) is 35.7 Å². The van der Waals surface area contributed by atoms with Crippen molar-refractivity contribution in [1.82, 2.24) is 24.3 Å². The number of allylic oxidation sites excluding steroid dienone is 1. The van der Waals surface area contributed by atoms with Crippen molar-refractivity contribution in [2.75, 3.05) is 13.2 Å². The number of fused-ring (bicyclic) bond motifs is 1. The molecular formula is C14H17N5O5S2. The van der Waals surface area contributed by atoms with Crippen LogP contribution in [0, 0.1) is 0 Å². The molecule has 0 aliphatic rings. The highest BCUT2D eigenvalue weighted by Crippen LogP contribution is 2.20. The Morgan fingerprint density at radius 1 is 1.27 bits per heavy atom. The molecule has 0 unspecified atom stereocenters. The standard InChI is InChI=1S/C14H17N5O5S2/c1-2-3-4-8-24-14(21)17-16-12(20)9-15-26(22,23)11-7-5-6-10-13(11)19-25-18-10/h2,5-7,15H,1,3-4,8-9H2,(H,16,20)(H,17,21). The number of carbonyl (C=O) groups is 2. The Morgan fingerprint density at radius 2 is 2.08 bits per heavy atom. The summed E-state index contributed by atoms with van der Waals surface area (Å²) in [6.45, 7) is 3.13. The fraction of sp³-hybridized carbons (Fsp3) is 0.286. The summed E-state index contributed by atoms with van der Waals surface area (Å²) in [5.74, 6) is -0.764. The number of hydrazine groups is 1. The second kappa shape index (κ2) is 9.22. The van der Waals surface area contributed by atoms with E-state index < -0.39 is 28.6 Å². The lowest BCUT2D eigenvalue weighted by Crippen LogP contribution is -2.46. The Bertz CT molecular complexity index is 896. The van der Waals surface area contributed by atoms with Crippen molar-refractivity contribution in [3.8, 4) is 0 Å². The molecule has 2 amide bonds. The number of ether oxygens (including phenoxy) is 1. The normalized spacial score (nSPS) is 11.1. The maximum atomic E-state index is 12.3. The molecular weight excluding hydrogens is 382 g/mol. The number of nitrogens with one attached hydrogen (secondary N) is 3. The molecule has 10 nitrogen and oxygen atoms in total. The van der Waals surface area contributed by atoms with E-state index >= 15 is 0 Å². The largest absolute Gasteiger partial charge is 0.448 e. The Morgan fingerprint density at radius 3 is 2.85 bits per heavy atom. The van der Waals surface area contributed by atoms with E-state index in [0.29, 0.717) is 18.4 Å². The van der Waals surface area contributed by atoms with Crippen LogP contribution in [0.3, 0.4) is 0 Å². The summed E-state index contributed by atoms with van der Waals surface area (Å²) in [5.41, 5.74) is 4.74. The van der Waals surface area contributed by atoms with Crippen LogP contribution in [-0.2, 0) is 19.6 Å². The molecule has 26 heavy (non-hydrogen) atoms. The summed E-state index contributed by atoms with van der Waals surface area (Å²) in [7, 11) is -3.97. The van der Waals surface area contributed by atoms with E-state index in [1.807, 2.05) is 10.9 Å². The maximum Gasteiger partial charge on any atom is 0.426 e. The summed E-state index contributed by atoms with van der Waals surface area (Å²) in [6.07, 6.45) is 2.16. The molecule has 0 saturated carbocycles. The number of benzene rings is 1. The highest BCUT2D eigenvalue weighted by molar-refractivity contribution is 7.89. The molecule has 2 aromatic rings. The van der Waals surface area contributed by atoms with Crippen LogP contribution in [0.5, 0.6) is 0 Å². The van der Waals surface area contributed by atoms with E-state index in [9.17, 15) is 18.0 Å². The number of amides is 2. The first-order valence-corrected chi connectivity index (χ1v) is 9.69. The van der Waals surface area contributed by atoms with Gasteiger partial charge in [0.05, 0.1) is 24.9 Å². The highest BCUT2D eigenvalue weighted by atomic mass is 32.2. The molecule has 0 radical (unpaired) electrons. The van der Waals surface area contributed by atoms with Gasteiger partial charge in [0, 0.05) is 0 Å². The molecule has 0 aliphatic heterocycles. The predicted octanol–water partition coefficient (Wildman–Crippen LogP) is 0.693. The lowest BCUT2D eigenvalue weighted by Gasteiger charge is -2.09. The second-order valence-electron chi connectivity index (χ2n) is 4.95. The minimum Gasteiger partial charge on any atom is -0.448 e. The van der Waals surface area contributed by atoms with E-state index in [-0.39, 0.29) is 17.0 Å². The van der Waals surface area contributed by atoms with Crippen LogP contribution in [0.25, 0.3) is 11.0 Å². The van der Waals surface area contributed by atoms with Crippen LogP contribution in [-0.4, -0.2) is 42.3 Å². The topological polar surface area (TPSA) is 139 Å². The zero-order valence-electron chi connectivity index (χ0n) is 13.6. The van der Waals surface area contributed by atoms with Gasteiger partial charge in [-0.05, 0) is 25.0 Å². The van der Waals surface area contributed by atoms with Gasteiger partial charge in [-0.15, -0.1) is 6.58 Å². The van der Waals surface area contributed by atoms with Crippen molar-refractivity contribution in [1.29, 1.82) is 0 Å². The molecule has 12 heteroatoms. The maximum absolute atomic E-state index is 12.3. The van der Waals surface area contributed by atoms with E-state index in [1.165, 1.54) is 12.1 Å². The van der Waals surface area contributed by atoms with Crippen molar-refractivity contribution >= 4 is 44.8 Å². The smallest absolute Gasteiger partial charge is 0.426 e. The molecule has 3 N–H and O–H groups in total. The monoisotopic (exact) mass is 399 g/mol. The molecule has 0 spiro atoms. The second-order valence-corrected chi connectivity index (χ2v) is 7.22. The molecule has 0 bridgehead atoms. The van der Waals surface area contributed by atoms with Gasteiger partial charge in [-0.3, -0.25) is 10.2 Å². The van der Waals surface area contributed by atoms with Crippen molar-refractivity contribution in [2.45, 2.75) is 17.7 Å². The van der Waals surface area contributed by atoms with Gasteiger partial charge in [0.1, 0.15) is 15.9 Å². The zero-order valence-corrected chi connectivity index (χ0v) is 15.2. The Hall–Kier alpha value is -2.57. The van der Waals surface area contributed by atoms with E-state index in [2.05, 4.69) is 20.0 Å². The molecule has 1 aromatic carbocycles. The summed E-state index contributed by atoms with van der Waals surface area (Å²) in [5, 5.41) is 0. The molecule has 0 saturated heterocycles. The van der Waals surface area contributed by atoms with Crippen molar-refractivity contribution in [2.24, 2.45) is 0 Å². The summed E-state index contributed by atoms with van der Waals surface area (Å²) in [6, 6.07) is 4.53. The highest BCUT2D eigenvalue weighted by Gasteiger charge is 2.20. The number of nitrogens with zero attached hydrogens (tertiary/aromatic N) is 2. The zero-order chi connectivity index (χ0) is 19.0. The van der Waals surface area contributed by atoms with Gasteiger partial charge in [0.25, 0.3) is 5.91 Å².